The Morgan fingerprint density at radius 3 is 2.74 bits per heavy atom. The minimum absolute atomic E-state index is 0.00282. The molecule has 27 heavy (non-hydrogen) atoms. The van der Waals surface area contributed by atoms with Crippen LogP contribution in [0.25, 0.3) is 0 Å². The topological polar surface area (TPSA) is 94.3 Å². The maximum Gasteiger partial charge on any atom is 0.260 e. The van der Waals surface area contributed by atoms with E-state index in [1.165, 1.54) is 29.3 Å². The maximum atomic E-state index is 13.9. The lowest BCUT2D eigenvalue weighted by atomic mass is 10.1. The van der Waals surface area contributed by atoms with E-state index in [1.807, 2.05) is 0 Å². The van der Waals surface area contributed by atoms with Crippen LogP contribution in [0.2, 0.25) is 0 Å². The number of carbonyl (C=O) groups excluding carboxylic acids is 2. The first kappa shape index (κ1) is 18.4. The van der Waals surface area contributed by atoms with E-state index in [1.54, 1.807) is 31.3 Å². The molecule has 0 radical (unpaired) electrons. The van der Waals surface area contributed by atoms with Gasteiger partial charge in [0.05, 0.1) is 17.3 Å². The molecule has 1 unspecified atom stereocenters. The van der Waals surface area contributed by atoms with Gasteiger partial charge < -0.3 is 20.5 Å². The number of benzene rings is 1. The number of hydrogen-bond donors (Lipinski definition) is 3. The lowest BCUT2D eigenvalue weighted by Gasteiger charge is -2.30. The van der Waals surface area contributed by atoms with Crippen molar-refractivity contribution in [3.63, 3.8) is 0 Å². The molecule has 0 saturated carbocycles. The quantitative estimate of drug-likeness (QED) is 0.709. The molecule has 1 aliphatic rings. The average Bonchev–Trinajstić information content (AvgIpc) is 2.67. The van der Waals surface area contributed by atoms with Crippen molar-refractivity contribution in [1.29, 1.82) is 0 Å². The first-order valence-corrected chi connectivity index (χ1v) is 8.42. The molecule has 2 amide bonds. The Morgan fingerprint density at radius 2 is 2.00 bits per heavy atom. The van der Waals surface area contributed by atoms with Crippen LogP contribution < -0.4 is 16.2 Å². The number of aromatic amines is 1. The van der Waals surface area contributed by atoms with Gasteiger partial charge in [-0.25, -0.2) is 4.39 Å². The van der Waals surface area contributed by atoms with Crippen molar-refractivity contribution in [3.05, 3.63) is 76.0 Å². The van der Waals surface area contributed by atoms with Crippen molar-refractivity contribution in [2.45, 2.75) is 6.04 Å². The summed E-state index contributed by atoms with van der Waals surface area (Å²) in [7, 11) is 1.55. The van der Waals surface area contributed by atoms with Crippen LogP contribution in [0.5, 0.6) is 0 Å². The number of halogens is 1. The summed E-state index contributed by atoms with van der Waals surface area (Å²) in [6, 6.07) is 6.83. The predicted octanol–water partition coefficient (Wildman–Crippen LogP) is 1.37. The number of nitrogens with one attached hydrogen (secondary N) is 3. The number of nitrogens with zero attached hydrogens (tertiary/aromatic N) is 1. The molecule has 0 fully saturated rings. The molecule has 1 aromatic carbocycles. The van der Waals surface area contributed by atoms with Crippen LogP contribution in [0, 0.1) is 5.82 Å². The number of hydrogen-bond acceptors (Lipinski definition) is 4. The summed E-state index contributed by atoms with van der Waals surface area (Å²) < 4.78 is 13.9. The average molecular weight is 370 g/mol. The maximum absolute atomic E-state index is 13.9. The minimum Gasteiger partial charge on any atom is -0.385 e. The molecule has 0 saturated heterocycles. The lowest BCUT2D eigenvalue weighted by Crippen LogP contribution is -2.48. The van der Waals surface area contributed by atoms with Crippen LogP contribution in [0.15, 0.2) is 53.5 Å². The summed E-state index contributed by atoms with van der Waals surface area (Å²) in [5, 5.41) is 5.43. The lowest BCUT2D eigenvalue weighted by molar-refractivity contribution is 0.0745. The van der Waals surface area contributed by atoms with Gasteiger partial charge in [0.2, 0.25) is 0 Å². The summed E-state index contributed by atoms with van der Waals surface area (Å²) in [5.41, 5.74) is -0.135. The summed E-state index contributed by atoms with van der Waals surface area (Å²) in [6.07, 6.45) is 4.96. The van der Waals surface area contributed by atoms with Gasteiger partial charge in [-0.05, 0) is 24.3 Å². The van der Waals surface area contributed by atoms with Crippen molar-refractivity contribution in [2.75, 3.05) is 25.5 Å². The fourth-order valence-electron chi connectivity index (χ4n) is 2.96. The Bertz CT molecular complexity index is 954. The zero-order chi connectivity index (χ0) is 19.4. The van der Waals surface area contributed by atoms with Gasteiger partial charge in [-0.3, -0.25) is 14.4 Å². The number of rotatable bonds is 4. The van der Waals surface area contributed by atoms with Gasteiger partial charge in [0, 0.05) is 26.3 Å². The van der Waals surface area contributed by atoms with Gasteiger partial charge in [-0.1, -0.05) is 18.2 Å². The van der Waals surface area contributed by atoms with Crippen molar-refractivity contribution >= 4 is 17.5 Å². The van der Waals surface area contributed by atoms with Crippen LogP contribution in [0.4, 0.5) is 10.1 Å². The number of aromatic nitrogens is 1. The molecule has 0 bridgehead atoms. The second kappa shape index (κ2) is 7.86. The van der Waals surface area contributed by atoms with E-state index in [0.717, 1.165) is 0 Å². The highest BCUT2D eigenvalue weighted by molar-refractivity contribution is 6.00. The monoisotopic (exact) mass is 370 g/mol. The molecule has 2 heterocycles. The summed E-state index contributed by atoms with van der Waals surface area (Å²) >= 11 is 0. The molecule has 3 N–H and O–H groups in total. The van der Waals surface area contributed by atoms with Crippen LogP contribution in [0.3, 0.4) is 0 Å². The first-order valence-electron chi connectivity index (χ1n) is 8.42. The molecule has 1 aromatic heterocycles. The van der Waals surface area contributed by atoms with E-state index in [2.05, 4.69) is 15.6 Å². The molecule has 2 aromatic rings. The van der Waals surface area contributed by atoms with E-state index in [0.29, 0.717) is 6.54 Å². The van der Waals surface area contributed by atoms with Gasteiger partial charge in [0.1, 0.15) is 11.4 Å². The van der Waals surface area contributed by atoms with Crippen LogP contribution in [-0.2, 0) is 0 Å². The summed E-state index contributed by atoms with van der Waals surface area (Å²) in [5.74, 6) is -1.38. The Kier molecular flexibility index (Phi) is 5.35. The smallest absolute Gasteiger partial charge is 0.260 e. The number of pyridine rings is 1. The molecule has 7 nitrogen and oxygen atoms in total. The third-order valence-corrected chi connectivity index (χ3v) is 4.27. The van der Waals surface area contributed by atoms with Gasteiger partial charge >= 0.3 is 0 Å². The van der Waals surface area contributed by atoms with Gasteiger partial charge in [0.25, 0.3) is 17.4 Å². The predicted molar refractivity (Wildman–Crippen MR) is 99.3 cm³/mol. The third kappa shape index (κ3) is 3.89. The van der Waals surface area contributed by atoms with E-state index >= 15 is 0 Å². The molecule has 0 spiro atoms. The molecular weight excluding hydrogens is 351 g/mol. The number of para-hydroxylation sites is 1. The molecule has 140 valence electrons. The number of carbonyl (C=O) groups is 2. The summed E-state index contributed by atoms with van der Waals surface area (Å²) in [6.45, 7) is 0.558. The normalized spacial score (nSPS) is 16.1. The van der Waals surface area contributed by atoms with Gasteiger partial charge in [-0.15, -0.1) is 0 Å². The van der Waals surface area contributed by atoms with Crippen molar-refractivity contribution < 1.29 is 14.0 Å². The Balaban J connectivity index is 1.74. The van der Waals surface area contributed by atoms with E-state index in [4.69, 9.17) is 0 Å². The van der Waals surface area contributed by atoms with E-state index < -0.39 is 23.3 Å². The standard InChI is InChI=1S/C19H19FN4O3/c1-21-16-13(6-2-8-15(16)20)19(27)24-10-4-5-12(11-24)23-18(26)14-7-3-9-22-17(14)25/h2-9,12,21H,10-11H2,1H3,(H,22,25)(H,23,26). The van der Waals surface area contributed by atoms with E-state index in [9.17, 15) is 18.8 Å². The Morgan fingerprint density at radius 1 is 1.22 bits per heavy atom. The van der Waals surface area contributed by atoms with Gasteiger partial charge in [0.15, 0.2) is 0 Å². The highest BCUT2D eigenvalue weighted by Crippen LogP contribution is 2.21. The largest absolute Gasteiger partial charge is 0.385 e. The highest BCUT2D eigenvalue weighted by atomic mass is 19.1. The fraction of sp³-hybridized carbons (Fsp3) is 0.211. The fourth-order valence-corrected chi connectivity index (χ4v) is 2.96. The minimum atomic E-state index is -0.525. The highest BCUT2D eigenvalue weighted by Gasteiger charge is 2.25. The molecule has 1 atom stereocenters. The van der Waals surface area contributed by atoms with Crippen molar-refractivity contribution in [1.82, 2.24) is 15.2 Å². The zero-order valence-corrected chi connectivity index (χ0v) is 14.7. The molecule has 8 heteroatoms. The van der Waals surface area contributed by atoms with Gasteiger partial charge in [-0.2, -0.15) is 0 Å². The Hall–Kier alpha value is -3.42. The number of H-pyrrole nitrogens is 1. The summed E-state index contributed by atoms with van der Waals surface area (Å²) in [4.78, 5) is 40.8. The molecule has 0 aliphatic carbocycles. The van der Waals surface area contributed by atoms with Crippen LogP contribution in [0.1, 0.15) is 20.7 Å². The molecule has 3 rings (SSSR count). The van der Waals surface area contributed by atoms with Crippen molar-refractivity contribution in [2.24, 2.45) is 0 Å². The zero-order valence-electron chi connectivity index (χ0n) is 14.7. The Labute approximate surface area is 154 Å². The second-order valence-electron chi connectivity index (χ2n) is 6.04. The second-order valence-corrected chi connectivity index (χ2v) is 6.04. The number of amides is 2. The first-order chi connectivity index (χ1) is 13.0. The molecule has 1 aliphatic heterocycles. The third-order valence-electron chi connectivity index (χ3n) is 4.27. The molecular formula is C19H19FN4O3. The van der Waals surface area contributed by atoms with Crippen LogP contribution >= 0.6 is 0 Å². The number of anilines is 1. The SMILES string of the molecule is CNc1c(F)cccc1C(=O)N1CC=CC(NC(=O)c2ccc[nH]c2=O)C1. The van der Waals surface area contributed by atoms with Crippen molar-refractivity contribution in [3.8, 4) is 0 Å². The van der Waals surface area contributed by atoms with Crippen LogP contribution in [-0.4, -0.2) is 47.9 Å². The van der Waals surface area contributed by atoms with E-state index in [-0.39, 0.29) is 29.3 Å².